The number of methoxy groups -OCH3 is 2. The zero-order chi connectivity index (χ0) is 42.1. The third-order valence-electron chi connectivity index (χ3n) is 10.7. The Labute approximate surface area is 362 Å². The minimum atomic E-state index is -0.551. The number of amides is 2. The third kappa shape index (κ3) is 9.49. The van der Waals surface area contributed by atoms with Gasteiger partial charge in [-0.3, -0.25) is 19.6 Å². The van der Waals surface area contributed by atoms with Crippen LogP contribution in [0.1, 0.15) is 57.4 Å². The van der Waals surface area contributed by atoms with Gasteiger partial charge in [0, 0.05) is 85.0 Å². The number of thiophene rings is 2. The number of ether oxygens (including phenoxy) is 4. The number of anilines is 2. The number of unbranched alkanes of at least 4 members (excludes halogenated alkanes) is 2. The predicted molar refractivity (Wildman–Crippen MR) is 237 cm³/mol. The molecule has 2 aliphatic rings. The maximum atomic E-state index is 14.9. The number of aromatic nitrogens is 6. The second-order valence-corrected chi connectivity index (χ2v) is 16.7. The largest absolute Gasteiger partial charge is 0.385 e. The average Bonchev–Trinajstić information content (AvgIpc) is 3.93. The van der Waals surface area contributed by atoms with Gasteiger partial charge in [-0.2, -0.15) is 0 Å². The van der Waals surface area contributed by atoms with Gasteiger partial charge >= 0.3 is 0 Å². The average molecular weight is 867 g/mol. The van der Waals surface area contributed by atoms with Crippen molar-refractivity contribution in [1.82, 2.24) is 40.1 Å². The summed E-state index contributed by atoms with van der Waals surface area (Å²) in [6.07, 6.45) is 6.13. The van der Waals surface area contributed by atoms with Crippen LogP contribution < -0.4 is 15.1 Å². The molecule has 61 heavy (non-hydrogen) atoms. The Kier molecular flexibility index (Phi) is 14.0. The predicted octanol–water partition coefficient (Wildman–Crippen LogP) is 5.89. The van der Waals surface area contributed by atoms with E-state index in [2.05, 4.69) is 25.1 Å². The van der Waals surface area contributed by atoms with Crippen LogP contribution in [0.2, 0.25) is 0 Å². The third-order valence-corrected chi connectivity index (χ3v) is 12.7. The maximum Gasteiger partial charge on any atom is 0.255 e. The standard InChI is InChI=1S/C43H50N10O6S2/c1-51(17-9-11-22-57-3)43(55)33-34-39(52-18-23-58-24-19-52)48-37(30-13-5-7-15-45-30)50-42(34)61-35(33)31-26-53(20-25-59-31)38-32-28(40(54)46-16-8-10-21-56-2)27-60-41(32)49-36(47-38)29-12-4-6-14-44-29/h4-7,12-15,27,31H,8-11,16-26H2,1-3H3,(H,46,54). The van der Waals surface area contributed by atoms with Gasteiger partial charge in [0.15, 0.2) is 11.6 Å². The summed E-state index contributed by atoms with van der Waals surface area (Å²) in [5.41, 5.74) is 2.30. The molecule has 0 saturated carbocycles. The summed E-state index contributed by atoms with van der Waals surface area (Å²) in [5.74, 6) is 1.90. The first-order valence-corrected chi connectivity index (χ1v) is 22.3. The molecule has 18 heteroatoms. The lowest BCUT2D eigenvalue weighted by Crippen LogP contribution is -2.40. The topological polar surface area (TPSA) is 170 Å². The molecule has 16 nitrogen and oxygen atoms in total. The Morgan fingerprint density at radius 1 is 0.820 bits per heavy atom. The van der Waals surface area contributed by atoms with Crippen LogP contribution in [0.5, 0.6) is 0 Å². The van der Waals surface area contributed by atoms with E-state index < -0.39 is 6.10 Å². The van der Waals surface area contributed by atoms with E-state index >= 15 is 0 Å². The van der Waals surface area contributed by atoms with Gasteiger partial charge in [-0.05, 0) is 49.9 Å². The molecule has 0 aromatic carbocycles. The number of carbonyl (C=O) groups excluding carboxylic acids is 2. The van der Waals surface area contributed by atoms with Gasteiger partial charge in [0.1, 0.15) is 38.8 Å². The van der Waals surface area contributed by atoms with Crippen molar-refractivity contribution < 1.29 is 28.5 Å². The molecule has 1 N–H and O–H groups in total. The second-order valence-electron chi connectivity index (χ2n) is 14.8. The lowest BCUT2D eigenvalue weighted by Gasteiger charge is -2.34. The van der Waals surface area contributed by atoms with Gasteiger partial charge in [-0.15, -0.1) is 22.7 Å². The molecule has 2 amide bonds. The quantitative estimate of drug-likeness (QED) is 0.108. The highest BCUT2D eigenvalue weighted by atomic mass is 32.1. The van der Waals surface area contributed by atoms with Crippen LogP contribution in [-0.2, 0) is 18.9 Å². The number of pyridine rings is 2. The van der Waals surface area contributed by atoms with E-state index in [9.17, 15) is 9.59 Å². The maximum absolute atomic E-state index is 14.9. The Morgan fingerprint density at radius 2 is 1.48 bits per heavy atom. The fourth-order valence-electron chi connectivity index (χ4n) is 7.54. The van der Waals surface area contributed by atoms with Crippen LogP contribution in [0.15, 0.2) is 54.2 Å². The van der Waals surface area contributed by atoms with Crippen LogP contribution in [0.3, 0.4) is 0 Å². The van der Waals surface area contributed by atoms with Gasteiger partial charge in [-0.25, -0.2) is 19.9 Å². The summed E-state index contributed by atoms with van der Waals surface area (Å²) < 4.78 is 22.9. The summed E-state index contributed by atoms with van der Waals surface area (Å²) in [7, 11) is 5.20. The summed E-state index contributed by atoms with van der Waals surface area (Å²) in [6, 6.07) is 11.3. The molecule has 6 aromatic rings. The zero-order valence-corrected chi connectivity index (χ0v) is 36.3. The smallest absolute Gasteiger partial charge is 0.255 e. The van der Waals surface area contributed by atoms with Crippen molar-refractivity contribution >= 4 is 66.6 Å². The molecule has 0 aliphatic carbocycles. The number of carbonyl (C=O) groups is 2. The highest BCUT2D eigenvalue weighted by molar-refractivity contribution is 7.19. The number of nitrogens with one attached hydrogen (secondary N) is 1. The number of morpholine rings is 2. The fraction of sp³-hybridized carbons (Fsp3) is 0.442. The summed E-state index contributed by atoms with van der Waals surface area (Å²) >= 11 is 2.85. The van der Waals surface area contributed by atoms with E-state index in [1.54, 1.807) is 31.5 Å². The molecule has 8 heterocycles. The summed E-state index contributed by atoms with van der Waals surface area (Å²) in [5, 5.41) is 6.30. The minimum absolute atomic E-state index is 0.132. The molecule has 0 bridgehead atoms. The van der Waals surface area contributed by atoms with Gasteiger partial charge in [0.25, 0.3) is 11.8 Å². The van der Waals surface area contributed by atoms with Crippen LogP contribution in [0, 0.1) is 0 Å². The Balaban J connectivity index is 1.23. The van der Waals surface area contributed by atoms with Crippen molar-refractivity contribution in [1.29, 1.82) is 0 Å². The van der Waals surface area contributed by atoms with Crippen LogP contribution in [0.4, 0.5) is 11.6 Å². The molecule has 1 unspecified atom stereocenters. The van der Waals surface area contributed by atoms with Crippen molar-refractivity contribution in [2.24, 2.45) is 0 Å². The Hall–Kier alpha value is -5.24. The van der Waals surface area contributed by atoms with E-state index in [1.807, 2.05) is 48.8 Å². The van der Waals surface area contributed by atoms with Crippen LogP contribution in [-0.4, -0.2) is 140 Å². The van der Waals surface area contributed by atoms with Crippen LogP contribution in [0.25, 0.3) is 43.5 Å². The van der Waals surface area contributed by atoms with Crippen molar-refractivity contribution in [2.75, 3.05) is 103 Å². The first-order valence-electron chi connectivity index (χ1n) is 20.6. The lowest BCUT2D eigenvalue weighted by molar-refractivity contribution is 0.0407. The molecule has 2 saturated heterocycles. The van der Waals surface area contributed by atoms with Crippen molar-refractivity contribution in [3.8, 4) is 23.0 Å². The molecule has 8 rings (SSSR count). The molecular weight excluding hydrogens is 817 g/mol. The summed E-state index contributed by atoms with van der Waals surface area (Å²) in [6.45, 7) is 5.79. The van der Waals surface area contributed by atoms with Crippen molar-refractivity contribution in [2.45, 2.75) is 31.8 Å². The zero-order valence-electron chi connectivity index (χ0n) is 34.7. The number of nitrogens with zero attached hydrogens (tertiary/aromatic N) is 9. The monoisotopic (exact) mass is 866 g/mol. The molecule has 1 atom stereocenters. The highest BCUT2D eigenvalue weighted by Crippen LogP contribution is 2.44. The normalized spacial score (nSPS) is 15.8. The second kappa shape index (κ2) is 20.1. The molecule has 320 valence electrons. The Morgan fingerprint density at radius 3 is 2.15 bits per heavy atom. The van der Waals surface area contributed by atoms with E-state index in [-0.39, 0.29) is 11.8 Å². The fourth-order valence-corrected chi connectivity index (χ4v) is 9.65. The number of hydrogen-bond donors (Lipinski definition) is 1. The molecule has 0 spiro atoms. The first kappa shape index (κ1) is 42.5. The van der Waals surface area contributed by atoms with Gasteiger partial charge < -0.3 is 39.0 Å². The summed E-state index contributed by atoms with van der Waals surface area (Å²) in [4.78, 5) is 66.3. The molecule has 2 fully saturated rings. The van der Waals surface area contributed by atoms with E-state index in [4.69, 9.17) is 38.9 Å². The molecular formula is C43H50N10O6S2. The van der Waals surface area contributed by atoms with Gasteiger partial charge in [0.2, 0.25) is 0 Å². The van der Waals surface area contributed by atoms with E-state index in [0.29, 0.717) is 139 Å². The molecule has 6 aromatic heterocycles. The Bertz CT molecular complexity index is 2430. The highest BCUT2D eigenvalue weighted by Gasteiger charge is 2.36. The first-order chi connectivity index (χ1) is 29.9. The van der Waals surface area contributed by atoms with Gasteiger partial charge in [0.05, 0.1) is 53.1 Å². The van der Waals surface area contributed by atoms with E-state index in [0.717, 1.165) is 30.6 Å². The lowest BCUT2D eigenvalue weighted by atomic mass is 10.1. The van der Waals surface area contributed by atoms with Crippen molar-refractivity contribution in [3.05, 3.63) is 70.2 Å². The molecule has 0 radical (unpaired) electrons. The number of fused-ring (bicyclic) bond motifs is 2. The van der Waals surface area contributed by atoms with Crippen molar-refractivity contribution in [3.63, 3.8) is 0 Å². The number of rotatable bonds is 17. The van der Waals surface area contributed by atoms with E-state index in [1.165, 1.54) is 22.7 Å². The minimum Gasteiger partial charge on any atom is -0.385 e. The van der Waals surface area contributed by atoms with Gasteiger partial charge in [-0.1, -0.05) is 12.1 Å². The number of hydrogen-bond acceptors (Lipinski definition) is 16. The van der Waals surface area contributed by atoms with Crippen LogP contribution >= 0.6 is 22.7 Å². The molecule has 2 aliphatic heterocycles. The SMILES string of the molecule is COCCCCNC(=O)c1csc2nc(-c3ccccn3)nc(N3CCOC(c4sc5nc(-c6ccccn6)nc(N6CCOCC6)c5c4C(=O)N(C)CCCCOC)C3)c12.